The summed E-state index contributed by atoms with van der Waals surface area (Å²) >= 11 is 0. The minimum Gasteiger partial charge on any atom is -0.480 e. The molecule has 17 heavy (non-hydrogen) atoms. The molecule has 1 aliphatic heterocycles. The largest absolute Gasteiger partial charge is 0.480 e. The third-order valence-corrected chi connectivity index (χ3v) is 2.83. The maximum atomic E-state index is 12.5. The number of nitrogens with two attached hydrogens (primary N) is 1. The van der Waals surface area contributed by atoms with E-state index in [0.717, 1.165) is 0 Å². The number of rotatable bonds is 2. The molecule has 1 heterocycles. The van der Waals surface area contributed by atoms with E-state index in [1.54, 1.807) is 0 Å². The molecule has 0 saturated carbocycles. The van der Waals surface area contributed by atoms with E-state index in [1.807, 2.05) is 0 Å². The summed E-state index contributed by atoms with van der Waals surface area (Å²) < 4.78 is 37.6. The van der Waals surface area contributed by atoms with E-state index in [4.69, 9.17) is 10.8 Å². The first-order valence-corrected chi connectivity index (χ1v) is 4.98. The van der Waals surface area contributed by atoms with Crippen LogP contribution < -0.4 is 5.73 Å². The standard InChI is InChI=1S/C9H13F3N2O3/c1-8(13,9(10,11)12)7(17)14-4-2-3-5(14)6(15)16/h5H,2-4,13H2,1H3,(H,15,16)/t5-,8?/m0/s1. The Kier molecular flexibility index (Phi) is 3.37. The molecule has 0 aromatic rings. The van der Waals surface area contributed by atoms with Crippen LogP contribution in [0.15, 0.2) is 0 Å². The van der Waals surface area contributed by atoms with Gasteiger partial charge in [0.05, 0.1) is 0 Å². The molecular weight excluding hydrogens is 241 g/mol. The SMILES string of the molecule is CC(N)(C(=O)N1CCC[C@H]1C(=O)O)C(F)(F)F. The lowest BCUT2D eigenvalue weighted by Gasteiger charge is -2.32. The molecule has 1 amide bonds. The third kappa shape index (κ3) is 2.36. The van der Waals surface area contributed by atoms with Crippen molar-refractivity contribution in [3.05, 3.63) is 0 Å². The second-order valence-corrected chi connectivity index (χ2v) is 4.19. The minimum absolute atomic E-state index is 0.0152. The average Bonchev–Trinajstić information content (AvgIpc) is 2.62. The van der Waals surface area contributed by atoms with Crippen LogP contribution in [0.5, 0.6) is 0 Å². The quantitative estimate of drug-likeness (QED) is 0.744. The van der Waals surface area contributed by atoms with Crippen molar-refractivity contribution in [1.82, 2.24) is 4.90 Å². The number of halogens is 3. The lowest BCUT2D eigenvalue weighted by Crippen LogP contribution is -2.63. The zero-order chi connectivity index (χ0) is 13.4. The van der Waals surface area contributed by atoms with Crippen molar-refractivity contribution in [2.45, 2.75) is 37.5 Å². The van der Waals surface area contributed by atoms with Crippen LogP contribution in [0.1, 0.15) is 19.8 Å². The Morgan fingerprint density at radius 3 is 2.35 bits per heavy atom. The van der Waals surface area contributed by atoms with Gasteiger partial charge in [-0.25, -0.2) is 4.79 Å². The van der Waals surface area contributed by atoms with Crippen LogP contribution in [0.3, 0.4) is 0 Å². The molecule has 0 aromatic carbocycles. The average molecular weight is 254 g/mol. The summed E-state index contributed by atoms with van der Waals surface area (Å²) in [7, 11) is 0. The highest BCUT2D eigenvalue weighted by molar-refractivity contribution is 5.90. The number of hydrogen-bond donors (Lipinski definition) is 2. The number of nitrogens with zero attached hydrogens (tertiary/aromatic N) is 1. The zero-order valence-electron chi connectivity index (χ0n) is 9.12. The van der Waals surface area contributed by atoms with Crippen molar-refractivity contribution in [3.63, 3.8) is 0 Å². The summed E-state index contributed by atoms with van der Waals surface area (Å²) in [6, 6.07) is -1.22. The van der Waals surface area contributed by atoms with E-state index >= 15 is 0 Å². The summed E-state index contributed by atoms with van der Waals surface area (Å²) in [6.07, 6.45) is -4.40. The van der Waals surface area contributed by atoms with Crippen molar-refractivity contribution in [2.75, 3.05) is 6.54 Å². The Balaban J connectivity index is 2.94. The monoisotopic (exact) mass is 254 g/mol. The van der Waals surface area contributed by atoms with Gasteiger partial charge >= 0.3 is 12.1 Å². The van der Waals surface area contributed by atoms with Gasteiger partial charge in [0.25, 0.3) is 5.91 Å². The summed E-state index contributed by atoms with van der Waals surface area (Å²) in [5.74, 6) is -2.70. The first-order chi connectivity index (χ1) is 7.59. The molecule has 0 bridgehead atoms. The van der Waals surface area contributed by atoms with Crippen LogP contribution >= 0.6 is 0 Å². The summed E-state index contributed by atoms with van der Waals surface area (Å²) in [6.45, 7) is 0.533. The van der Waals surface area contributed by atoms with E-state index in [9.17, 15) is 22.8 Å². The zero-order valence-corrected chi connectivity index (χ0v) is 9.12. The Bertz CT molecular complexity index is 341. The Hall–Kier alpha value is -1.31. The topological polar surface area (TPSA) is 83.6 Å². The number of carboxylic acid groups (broad SMARTS) is 1. The van der Waals surface area contributed by atoms with Crippen molar-refractivity contribution < 1.29 is 27.9 Å². The molecular formula is C9H13F3N2O3. The van der Waals surface area contributed by atoms with E-state index in [2.05, 4.69) is 0 Å². The maximum absolute atomic E-state index is 12.5. The molecule has 1 unspecified atom stereocenters. The molecule has 3 N–H and O–H groups in total. The number of alkyl halides is 3. The first kappa shape index (κ1) is 13.8. The van der Waals surface area contributed by atoms with E-state index in [-0.39, 0.29) is 13.0 Å². The van der Waals surface area contributed by atoms with Crippen molar-refractivity contribution in [2.24, 2.45) is 5.73 Å². The number of carbonyl (C=O) groups excluding carboxylic acids is 1. The number of amides is 1. The molecule has 0 aliphatic carbocycles. The summed E-state index contributed by atoms with van der Waals surface area (Å²) in [4.78, 5) is 23.1. The highest BCUT2D eigenvalue weighted by atomic mass is 19.4. The Labute approximate surface area is 95.4 Å². The van der Waals surface area contributed by atoms with Crippen molar-refractivity contribution >= 4 is 11.9 Å². The fourth-order valence-corrected chi connectivity index (χ4v) is 1.69. The Morgan fingerprint density at radius 1 is 1.41 bits per heavy atom. The predicted molar refractivity (Wildman–Crippen MR) is 51.0 cm³/mol. The molecule has 0 aromatic heterocycles. The van der Waals surface area contributed by atoms with Gasteiger partial charge in [-0.2, -0.15) is 13.2 Å². The van der Waals surface area contributed by atoms with E-state index < -0.39 is 29.6 Å². The van der Waals surface area contributed by atoms with Crippen molar-refractivity contribution in [1.29, 1.82) is 0 Å². The molecule has 1 fully saturated rings. The van der Waals surface area contributed by atoms with Crippen LogP contribution in [-0.2, 0) is 9.59 Å². The third-order valence-electron chi connectivity index (χ3n) is 2.83. The van der Waals surface area contributed by atoms with Gasteiger partial charge in [-0.3, -0.25) is 4.79 Å². The van der Waals surface area contributed by atoms with Crippen LogP contribution in [0.2, 0.25) is 0 Å². The fourth-order valence-electron chi connectivity index (χ4n) is 1.69. The van der Waals surface area contributed by atoms with Gasteiger partial charge in [-0.15, -0.1) is 0 Å². The molecule has 2 atom stereocenters. The second-order valence-electron chi connectivity index (χ2n) is 4.19. The number of aliphatic carboxylic acids is 1. The fraction of sp³-hybridized carbons (Fsp3) is 0.778. The number of hydrogen-bond acceptors (Lipinski definition) is 3. The van der Waals surface area contributed by atoms with Gasteiger partial charge in [-0.05, 0) is 19.8 Å². The van der Waals surface area contributed by atoms with Gasteiger partial charge in [-0.1, -0.05) is 0 Å². The van der Waals surface area contributed by atoms with E-state index in [0.29, 0.717) is 18.2 Å². The van der Waals surface area contributed by atoms with Gasteiger partial charge in [0.15, 0.2) is 5.54 Å². The predicted octanol–water partition coefficient (Wildman–Crippen LogP) is 0.342. The molecule has 98 valence electrons. The summed E-state index contributed by atoms with van der Waals surface area (Å²) in [5.41, 5.74) is 1.92. The molecule has 8 heteroatoms. The lowest BCUT2D eigenvalue weighted by atomic mass is 10.0. The van der Waals surface area contributed by atoms with Crippen molar-refractivity contribution in [3.8, 4) is 0 Å². The molecule has 0 radical (unpaired) electrons. The Morgan fingerprint density at radius 2 is 1.94 bits per heavy atom. The van der Waals surface area contributed by atoms with Crippen LogP contribution in [0, 0.1) is 0 Å². The van der Waals surface area contributed by atoms with Crippen LogP contribution in [0.4, 0.5) is 13.2 Å². The van der Waals surface area contributed by atoms with E-state index in [1.165, 1.54) is 0 Å². The van der Waals surface area contributed by atoms with Gasteiger partial charge < -0.3 is 15.7 Å². The first-order valence-electron chi connectivity index (χ1n) is 4.98. The number of carboxylic acids is 1. The second kappa shape index (κ2) is 4.17. The number of likely N-dealkylation sites (tertiary alicyclic amines) is 1. The number of carbonyl (C=O) groups is 2. The van der Waals surface area contributed by atoms with Gasteiger partial charge in [0, 0.05) is 6.54 Å². The molecule has 1 aliphatic rings. The lowest BCUT2D eigenvalue weighted by molar-refractivity contribution is -0.195. The van der Waals surface area contributed by atoms with Crippen LogP contribution in [0.25, 0.3) is 0 Å². The smallest absolute Gasteiger partial charge is 0.415 e. The maximum Gasteiger partial charge on any atom is 0.415 e. The highest BCUT2D eigenvalue weighted by Crippen LogP contribution is 2.31. The van der Waals surface area contributed by atoms with Gasteiger partial charge in [0.1, 0.15) is 6.04 Å². The molecule has 1 saturated heterocycles. The normalized spacial score (nSPS) is 24.5. The summed E-state index contributed by atoms with van der Waals surface area (Å²) in [5, 5.41) is 8.79. The minimum atomic E-state index is -4.91. The highest BCUT2D eigenvalue weighted by Gasteiger charge is 2.57. The molecule has 1 rings (SSSR count). The van der Waals surface area contributed by atoms with Gasteiger partial charge in [0.2, 0.25) is 0 Å². The molecule has 0 spiro atoms. The van der Waals surface area contributed by atoms with Crippen LogP contribution in [-0.4, -0.2) is 46.2 Å². The molecule has 5 nitrogen and oxygen atoms in total.